The SMILES string of the molecule is O=C1C=C(n2cc3c(n2)CN(CC2CCCCC2)C3)S(=O)N1. The Hall–Kier alpha value is -1.47. The molecule has 4 rings (SSSR count). The zero-order valence-corrected chi connectivity index (χ0v) is 13.3. The Bertz CT molecular complexity index is 637. The first-order valence-electron chi connectivity index (χ1n) is 7.93. The van der Waals surface area contributed by atoms with Crippen LogP contribution in [-0.4, -0.2) is 31.3 Å². The summed E-state index contributed by atoms with van der Waals surface area (Å²) in [5.41, 5.74) is 2.24. The summed E-state index contributed by atoms with van der Waals surface area (Å²) >= 11 is 0. The second-order valence-electron chi connectivity index (χ2n) is 6.44. The maximum atomic E-state index is 11.8. The molecule has 1 aliphatic carbocycles. The maximum Gasteiger partial charge on any atom is 0.258 e. The van der Waals surface area contributed by atoms with Crippen molar-refractivity contribution < 1.29 is 9.00 Å². The molecule has 1 saturated carbocycles. The number of rotatable bonds is 3. The molecule has 1 fully saturated rings. The van der Waals surface area contributed by atoms with Crippen LogP contribution in [0.5, 0.6) is 0 Å². The Balaban J connectivity index is 1.43. The summed E-state index contributed by atoms with van der Waals surface area (Å²) in [6.07, 6.45) is 10.1. The molecule has 1 aromatic heterocycles. The van der Waals surface area contributed by atoms with E-state index in [1.807, 2.05) is 6.20 Å². The van der Waals surface area contributed by atoms with E-state index < -0.39 is 11.0 Å². The summed E-state index contributed by atoms with van der Waals surface area (Å²) in [5, 5.41) is 4.95. The molecule has 2 aliphatic heterocycles. The van der Waals surface area contributed by atoms with E-state index in [4.69, 9.17) is 0 Å². The lowest BCUT2D eigenvalue weighted by molar-refractivity contribution is -0.114. The van der Waals surface area contributed by atoms with Crippen molar-refractivity contribution in [1.82, 2.24) is 19.4 Å². The van der Waals surface area contributed by atoms with Crippen LogP contribution in [0.25, 0.3) is 5.03 Å². The Morgan fingerprint density at radius 1 is 1.27 bits per heavy atom. The average molecular weight is 320 g/mol. The Kier molecular flexibility index (Phi) is 3.62. The van der Waals surface area contributed by atoms with Crippen molar-refractivity contribution in [1.29, 1.82) is 0 Å². The minimum atomic E-state index is -1.48. The smallest absolute Gasteiger partial charge is 0.258 e. The summed E-state index contributed by atoms with van der Waals surface area (Å²) in [6.45, 7) is 2.93. The van der Waals surface area contributed by atoms with Crippen LogP contribution in [0.15, 0.2) is 12.3 Å². The van der Waals surface area contributed by atoms with Gasteiger partial charge in [-0.1, -0.05) is 19.3 Å². The first-order valence-corrected chi connectivity index (χ1v) is 9.08. The number of amides is 1. The van der Waals surface area contributed by atoms with Crippen LogP contribution < -0.4 is 4.72 Å². The second kappa shape index (κ2) is 5.62. The van der Waals surface area contributed by atoms with E-state index in [0.717, 1.165) is 31.2 Å². The highest BCUT2D eigenvalue weighted by Gasteiger charge is 2.28. The first-order chi connectivity index (χ1) is 10.7. The van der Waals surface area contributed by atoms with Gasteiger partial charge in [0, 0.05) is 37.5 Å². The predicted octanol–water partition coefficient (Wildman–Crippen LogP) is 1.37. The fraction of sp³-hybridized carbons (Fsp3) is 0.600. The zero-order valence-electron chi connectivity index (χ0n) is 12.5. The van der Waals surface area contributed by atoms with Gasteiger partial charge in [-0.25, -0.2) is 8.89 Å². The summed E-state index contributed by atoms with van der Waals surface area (Å²) in [4.78, 5) is 13.7. The lowest BCUT2D eigenvalue weighted by atomic mass is 9.89. The van der Waals surface area contributed by atoms with Crippen molar-refractivity contribution in [3.05, 3.63) is 23.5 Å². The molecule has 1 atom stereocenters. The fourth-order valence-electron chi connectivity index (χ4n) is 3.69. The standard InChI is InChI=1S/C15H20N4O2S/c20-14-6-15(22(21)17-14)19-9-12-8-18(10-13(12)16-19)7-11-4-2-1-3-5-11/h6,9,11H,1-5,7-8,10H2,(H,17,20). The minimum Gasteiger partial charge on any atom is -0.293 e. The lowest BCUT2D eigenvalue weighted by Crippen LogP contribution is -2.26. The molecule has 1 unspecified atom stereocenters. The molecule has 1 N–H and O–H groups in total. The van der Waals surface area contributed by atoms with E-state index in [1.54, 1.807) is 4.68 Å². The number of fused-ring (bicyclic) bond motifs is 1. The third-order valence-electron chi connectivity index (χ3n) is 4.75. The average Bonchev–Trinajstić information content (AvgIpc) is 3.12. The Morgan fingerprint density at radius 3 is 2.77 bits per heavy atom. The molecule has 0 bridgehead atoms. The minimum absolute atomic E-state index is 0.317. The molecule has 3 heterocycles. The quantitative estimate of drug-likeness (QED) is 0.913. The van der Waals surface area contributed by atoms with Crippen LogP contribution >= 0.6 is 0 Å². The highest BCUT2D eigenvalue weighted by atomic mass is 32.2. The number of carbonyl (C=O) groups excluding carboxylic acids is 1. The van der Waals surface area contributed by atoms with Gasteiger partial charge in [-0.15, -0.1) is 0 Å². The maximum absolute atomic E-state index is 11.8. The summed E-state index contributed by atoms with van der Waals surface area (Å²) in [7, 11) is -1.48. The molecular weight excluding hydrogens is 300 g/mol. The van der Waals surface area contributed by atoms with E-state index in [2.05, 4.69) is 14.7 Å². The van der Waals surface area contributed by atoms with Gasteiger partial charge in [0.15, 0.2) is 16.0 Å². The van der Waals surface area contributed by atoms with Crippen LogP contribution in [0.3, 0.4) is 0 Å². The van der Waals surface area contributed by atoms with Crippen molar-refractivity contribution in [3.63, 3.8) is 0 Å². The highest BCUT2D eigenvalue weighted by molar-refractivity contribution is 7.93. The third-order valence-corrected chi connectivity index (χ3v) is 5.82. The zero-order chi connectivity index (χ0) is 15.1. The molecule has 0 spiro atoms. The Morgan fingerprint density at radius 2 is 2.09 bits per heavy atom. The number of hydrogen-bond acceptors (Lipinski definition) is 4. The monoisotopic (exact) mass is 320 g/mol. The van der Waals surface area contributed by atoms with Gasteiger partial charge < -0.3 is 0 Å². The van der Waals surface area contributed by atoms with Gasteiger partial charge >= 0.3 is 0 Å². The van der Waals surface area contributed by atoms with Crippen LogP contribution in [0, 0.1) is 5.92 Å². The van der Waals surface area contributed by atoms with Crippen molar-refractivity contribution in [2.24, 2.45) is 5.92 Å². The molecule has 0 saturated heterocycles. The van der Waals surface area contributed by atoms with Gasteiger partial charge in [-0.3, -0.25) is 14.4 Å². The predicted molar refractivity (Wildman–Crippen MR) is 83.5 cm³/mol. The van der Waals surface area contributed by atoms with Gasteiger partial charge in [0.2, 0.25) is 0 Å². The second-order valence-corrected chi connectivity index (χ2v) is 7.60. The molecule has 3 aliphatic rings. The van der Waals surface area contributed by atoms with Gasteiger partial charge in [-0.05, 0) is 18.8 Å². The van der Waals surface area contributed by atoms with Crippen molar-refractivity contribution in [2.75, 3.05) is 6.54 Å². The topological polar surface area (TPSA) is 67.2 Å². The van der Waals surface area contributed by atoms with Gasteiger partial charge in [0.05, 0.1) is 5.69 Å². The van der Waals surface area contributed by atoms with Crippen LogP contribution in [0.4, 0.5) is 0 Å². The van der Waals surface area contributed by atoms with Gasteiger partial charge in [0.1, 0.15) is 0 Å². The summed E-state index contributed by atoms with van der Waals surface area (Å²) < 4.78 is 15.7. The fourth-order valence-corrected chi connectivity index (χ4v) is 4.51. The van der Waals surface area contributed by atoms with Gasteiger partial charge in [0.25, 0.3) is 5.91 Å². The first kappa shape index (κ1) is 14.1. The molecule has 7 heteroatoms. The number of hydrogen-bond donors (Lipinski definition) is 1. The molecule has 118 valence electrons. The summed E-state index contributed by atoms with van der Waals surface area (Å²) in [6, 6.07) is 0. The molecule has 0 aromatic carbocycles. The number of aromatic nitrogens is 2. The molecule has 0 radical (unpaired) electrons. The van der Waals surface area contributed by atoms with E-state index >= 15 is 0 Å². The normalized spacial score (nSPS) is 26.1. The van der Waals surface area contributed by atoms with Gasteiger partial charge in [-0.2, -0.15) is 5.10 Å². The summed E-state index contributed by atoms with van der Waals surface area (Å²) in [5.74, 6) is 0.514. The highest BCUT2D eigenvalue weighted by Crippen LogP contribution is 2.29. The molecule has 1 amide bonds. The van der Waals surface area contributed by atoms with E-state index in [0.29, 0.717) is 5.03 Å². The van der Waals surface area contributed by atoms with E-state index in [1.165, 1.54) is 43.7 Å². The van der Waals surface area contributed by atoms with Crippen LogP contribution in [-0.2, 0) is 28.9 Å². The molecular formula is C15H20N4O2S. The van der Waals surface area contributed by atoms with E-state index in [9.17, 15) is 9.00 Å². The van der Waals surface area contributed by atoms with Crippen molar-refractivity contribution in [2.45, 2.75) is 45.2 Å². The lowest BCUT2D eigenvalue weighted by Gasteiger charge is -2.26. The third kappa shape index (κ3) is 2.63. The molecule has 6 nitrogen and oxygen atoms in total. The largest absolute Gasteiger partial charge is 0.293 e. The Labute approximate surface area is 132 Å². The van der Waals surface area contributed by atoms with Crippen molar-refractivity contribution >= 4 is 21.9 Å². The number of carbonyl (C=O) groups is 1. The van der Waals surface area contributed by atoms with Crippen LogP contribution in [0.2, 0.25) is 0 Å². The number of nitrogens with one attached hydrogen (secondary N) is 1. The molecule has 1 aromatic rings. The van der Waals surface area contributed by atoms with Crippen LogP contribution in [0.1, 0.15) is 43.4 Å². The van der Waals surface area contributed by atoms with Crippen molar-refractivity contribution in [3.8, 4) is 0 Å². The number of nitrogens with zero attached hydrogens (tertiary/aromatic N) is 3. The molecule has 22 heavy (non-hydrogen) atoms. The van der Waals surface area contributed by atoms with E-state index in [-0.39, 0.29) is 5.91 Å².